The van der Waals surface area contributed by atoms with E-state index in [1.165, 1.54) is 12.1 Å². The molecule has 0 saturated heterocycles. The van der Waals surface area contributed by atoms with Crippen molar-refractivity contribution in [3.8, 4) is 0 Å². The fourth-order valence-electron chi connectivity index (χ4n) is 1.42. The molecular weight excluding hydrogens is 181 g/mol. The lowest BCUT2D eigenvalue weighted by Crippen LogP contribution is -2.35. The van der Waals surface area contributed by atoms with Gasteiger partial charge in [0.15, 0.2) is 5.96 Å². The van der Waals surface area contributed by atoms with Crippen molar-refractivity contribution in [3.05, 3.63) is 30.1 Å². The quantitative estimate of drug-likeness (QED) is 0.726. The molecule has 0 unspecified atom stereocenters. The van der Waals surface area contributed by atoms with E-state index in [1.54, 1.807) is 6.07 Å². The van der Waals surface area contributed by atoms with E-state index < -0.39 is 0 Å². The molecule has 14 heavy (non-hydrogen) atoms. The second-order valence-electron chi connectivity index (χ2n) is 3.17. The molecule has 0 radical (unpaired) electrons. The van der Waals surface area contributed by atoms with Crippen LogP contribution in [0.25, 0.3) is 0 Å². The van der Waals surface area contributed by atoms with E-state index >= 15 is 0 Å². The van der Waals surface area contributed by atoms with Gasteiger partial charge in [-0.2, -0.15) is 0 Å². The highest BCUT2D eigenvalue weighted by molar-refractivity contribution is 5.96. The normalized spacial score (nSPS) is 14.9. The standard InChI is InChI=1S/C10H12FN3/c1-14(10-12-5-6-13-10)9-4-2-3-8(11)7-9/h2-4,7H,5-6H2,1H3,(H,12,13). The van der Waals surface area contributed by atoms with Gasteiger partial charge in [-0.3, -0.25) is 4.99 Å². The summed E-state index contributed by atoms with van der Waals surface area (Å²) in [6, 6.07) is 6.46. The number of aliphatic imine (C=N–C) groups is 1. The Kier molecular flexibility index (Phi) is 2.35. The third-order valence-corrected chi connectivity index (χ3v) is 2.17. The van der Waals surface area contributed by atoms with Crippen LogP contribution in [0.1, 0.15) is 0 Å². The van der Waals surface area contributed by atoms with Crippen LogP contribution in [-0.2, 0) is 0 Å². The molecule has 4 heteroatoms. The molecule has 2 rings (SSSR count). The van der Waals surface area contributed by atoms with E-state index in [0.29, 0.717) is 0 Å². The molecule has 0 bridgehead atoms. The Labute approximate surface area is 82.3 Å². The van der Waals surface area contributed by atoms with Gasteiger partial charge in [0.05, 0.1) is 6.54 Å². The summed E-state index contributed by atoms with van der Waals surface area (Å²) in [6.07, 6.45) is 0. The maximum Gasteiger partial charge on any atom is 0.198 e. The molecular formula is C10H12FN3. The summed E-state index contributed by atoms with van der Waals surface area (Å²) in [4.78, 5) is 6.09. The van der Waals surface area contributed by atoms with Gasteiger partial charge in [0.25, 0.3) is 0 Å². The van der Waals surface area contributed by atoms with Gasteiger partial charge in [-0.05, 0) is 18.2 Å². The molecule has 0 saturated carbocycles. The molecule has 1 aliphatic heterocycles. The summed E-state index contributed by atoms with van der Waals surface area (Å²) in [5.41, 5.74) is 0.804. The van der Waals surface area contributed by atoms with Crippen molar-refractivity contribution in [1.29, 1.82) is 0 Å². The van der Waals surface area contributed by atoms with Crippen LogP contribution in [0.5, 0.6) is 0 Å². The average molecular weight is 193 g/mol. The summed E-state index contributed by atoms with van der Waals surface area (Å²) in [5.74, 6) is 0.573. The summed E-state index contributed by atoms with van der Waals surface area (Å²) >= 11 is 0. The minimum Gasteiger partial charge on any atom is -0.354 e. The molecule has 1 aromatic rings. The van der Waals surface area contributed by atoms with Crippen molar-refractivity contribution in [2.75, 3.05) is 25.0 Å². The minimum atomic E-state index is -0.229. The predicted octanol–water partition coefficient (Wildman–Crippen LogP) is 1.22. The SMILES string of the molecule is CN(C1=NCCN1)c1cccc(F)c1. The summed E-state index contributed by atoms with van der Waals surface area (Å²) < 4.78 is 12.9. The van der Waals surface area contributed by atoms with E-state index in [0.717, 1.165) is 24.7 Å². The van der Waals surface area contributed by atoms with Gasteiger partial charge in [0.1, 0.15) is 5.82 Å². The highest BCUT2D eigenvalue weighted by Crippen LogP contribution is 2.14. The number of anilines is 1. The van der Waals surface area contributed by atoms with Gasteiger partial charge < -0.3 is 10.2 Å². The zero-order chi connectivity index (χ0) is 9.97. The summed E-state index contributed by atoms with van der Waals surface area (Å²) in [7, 11) is 1.87. The Bertz CT molecular complexity index is 362. The topological polar surface area (TPSA) is 27.6 Å². The second-order valence-corrected chi connectivity index (χ2v) is 3.17. The summed E-state index contributed by atoms with van der Waals surface area (Å²) in [5, 5.41) is 3.13. The van der Waals surface area contributed by atoms with Crippen molar-refractivity contribution in [2.24, 2.45) is 4.99 Å². The van der Waals surface area contributed by atoms with Crippen molar-refractivity contribution < 1.29 is 4.39 Å². The number of hydrogen-bond donors (Lipinski definition) is 1. The van der Waals surface area contributed by atoms with Crippen molar-refractivity contribution in [2.45, 2.75) is 0 Å². The molecule has 1 aromatic carbocycles. The van der Waals surface area contributed by atoms with Crippen molar-refractivity contribution >= 4 is 11.6 Å². The smallest absolute Gasteiger partial charge is 0.198 e. The molecule has 3 nitrogen and oxygen atoms in total. The van der Waals surface area contributed by atoms with Gasteiger partial charge in [-0.1, -0.05) is 6.07 Å². The van der Waals surface area contributed by atoms with E-state index in [2.05, 4.69) is 10.3 Å². The fourth-order valence-corrected chi connectivity index (χ4v) is 1.42. The van der Waals surface area contributed by atoms with Gasteiger partial charge >= 0.3 is 0 Å². The number of nitrogens with one attached hydrogen (secondary N) is 1. The highest BCUT2D eigenvalue weighted by Gasteiger charge is 2.11. The van der Waals surface area contributed by atoms with Crippen LogP contribution in [-0.4, -0.2) is 26.1 Å². The minimum absolute atomic E-state index is 0.229. The average Bonchev–Trinajstić information content (AvgIpc) is 2.69. The third kappa shape index (κ3) is 1.69. The van der Waals surface area contributed by atoms with Gasteiger partial charge in [0.2, 0.25) is 0 Å². The largest absolute Gasteiger partial charge is 0.354 e. The first-order valence-corrected chi connectivity index (χ1v) is 4.55. The van der Waals surface area contributed by atoms with Crippen LogP contribution in [0.2, 0.25) is 0 Å². The first kappa shape index (κ1) is 8.99. The molecule has 0 aliphatic carbocycles. The molecule has 1 heterocycles. The van der Waals surface area contributed by atoms with Crippen molar-refractivity contribution in [3.63, 3.8) is 0 Å². The molecule has 0 aromatic heterocycles. The van der Waals surface area contributed by atoms with Crippen molar-refractivity contribution in [1.82, 2.24) is 5.32 Å². The summed E-state index contributed by atoms with van der Waals surface area (Å²) in [6.45, 7) is 1.64. The lowest BCUT2D eigenvalue weighted by atomic mass is 10.3. The first-order valence-electron chi connectivity index (χ1n) is 4.55. The Morgan fingerprint density at radius 2 is 2.36 bits per heavy atom. The highest BCUT2D eigenvalue weighted by atomic mass is 19.1. The monoisotopic (exact) mass is 193 g/mol. The van der Waals surface area contributed by atoms with E-state index in [-0.39, 0.29) is 5.82 Å². The van der Waals surface area contributed by atoms with Crippen LogP contribution in [0.4, 0.5) is 10.1 Å². The predicted molar refractivity (Wildman–Crippen MR) is 55.1 cm³/mol. The number of rotatable bonds is 1. The number of hydrogen-bond acceptors (Lipinski definition) is 3. The number of halogens is 1. The molecule has 0 fully saturated rings. The van der Waals surface area contributed by atoms with Crippen LogP contribution < -0.4 is 10.2 Å². The second kappa shape index (κ2) is 3.65. The number of benzene rings is 1. The maximum absolute atomic E-state index is 12.9. The maximum atomic E-state index is 12.9. The van der Waals surface area contributed by atoms with Crippen LogP contribution in [0.15, 0.2) is 29.3 Å². The zero-order valence-corrected chi connectivity index (χ0v) is 8.00. The third-order valence-electron chi connectivity index (χ3n) is 2.17. The Morgan fingerprint density at radius 3 is 3.00 bits per heavy atom. The Hall–Kier alpha value is -1.58. The van der Waals surface area contributed by atoms with Crippen LogP contribution >= 0.6 is 0 Å². The first-order chi connectivity index (χ1) is 6.77. The molecule has 74 valence electrons. The number of nitrogens with zero attached hydrogens (tertiary/aromatic N) is 2. The zero-order valence-electron chi connectivity index (χ0n) is 8.00. The molecule has 0 atom stereocenters. The Balaban J connectivity index is 2.22. The lowest BCUT2D eigenvalue weighted by Gasteiger charge is -2.18. The van der Waals surface area contributed by atoms with Gasteiger partial charge in [-0.25, -0.2) is 4.39 Å². The van der Waals surface area contributed by atoms with E-state index in [1.807, 2.05) is 18.0 Å². The molecule has 0 amide bonds. The van der Waals surface area contributed by atoms with Gasteiger partial charge in [-0.15, -0.1) is 0 Å². The van der Waals surface area contributed by atoms with Gasteiger partial charge in [0, 0.05) is 19.3 Å². The van der Waals surface area contributed by atoms with Crippen LogP contribution in [0.3, 0.4) is 0 Å². The molecule has 1 aliphatic rings. The number of guanidine groups is 1. The Morgan fingerprint density at radius 1 is 1.50 bits per heavy atom. The lowest BCUT2D eigenvalue weighted by molar-refractivity contribution is 0.628. The fraction of sp³-hybridized carbons (Fsp3) is 0.300. The molecule has 1 N–H and O–H groups in total. The molecule has 0 spiro atoms. The van der Waals surface area contributed by atoms with Crippen LogP contribution in [0, 0.1) is 5.82 Å². The van der Waals surface area contributed by atoms with E-state index in [9.17, 15) is 4.39 Å². The van der Waals surface area contributed by atoms with E-state index in [4.69, 9.17) is 0 Å².